The highest BCUT2D eigenvalue weighted by Crippen LogP contribution is 2.28. The van der Waals surface area contributed by atoms with Gasteiger partial charge in [-0.1, -0.05) is 29.8 Å². The molecule has 4 nitrogen and oxygen atoms in total. The van der Waals surface area contributed by atoms with Crippen molar-refractivity contribution in [2.24, 2.45) is 0 Å². The van der Waals surface area contributed by atoms with Gasteiger partial charge in [0.2, 0.25) is 0 Å². The minimum Gasteiger partial charge on any atom is -0.390 e. The van der Waals surface area contributed by atoms with Gasteiger partial charge >= 0.3 is 0 Å². The summed E-state index contributed by atoms with van der Waals surface area (Å²) in [6, 6.07) is 9.30. The molecular weight excluding hydrogens is 264 g/mol. The summed E-state index contributed by atoms with van der Waals surface area (Å²) >= 11 is 6.08. The second kappa shape index (κ2) is 6.30. The number of nitrogens with one attached hydrogen (secondary N) is 1. The van der Waals surface area contributed by atoms with Crippen LogP contribution in [0.2, 0.25) is 5.15 Å². The molecule has 0 saturated heterocycles. The van der Waals surface area contributed by atoms with Crippen LogP contribution in [0.5, 0.6) is 0 Å². The van der Waals surface area contributed by atoms with E-state index < -0.39 is 12.2 Å². The molecule has 0 radical (unpaired) electrons. The summed E-state index contributed by atoms with van der Waals surface area (Å²) < 4.78 is 0. The fourth-order valence-electron chi connectivity index (χ4n) is 1.97. The van der Waals surface area contributed by atoms with Crippen LogP contribution in [-0.2, 0) is 0 Å². The van der Waals surface area contributed by atoms with Crippen LogP contribution in [0.25, 0.3) is 10.9 Å². The van der Waals surface area contributed by atoms with Gasteiger partial charge in [-0.2, -0.15) is 0 Å². The number of fused-ring (bicyclic) bond motifs is 1. The minimum absolute atomic E-state index is 0.231. The molecule has 2 aromatic rings. The third-order valence-electron chi connectivity index (χ3n) is 3.08. The highest BCUT2D eigenvalue weighted by atomic mass is 35.5. The number of hydrogen-bond acceptors (Lipinski definition) is 4. The molecule has 3 N–H and O–H groups in total. The van der Waals surface area contributed by atoms with Crippen molar-refractivity contribution in [2.75, 3.05) is 13.6 Å². The molecule has 0 bridgehead atoms. The number of aromatic nitrogens is 1. The Bertz CT molecular complexity index is 562. The zero-order valence-corrected chi connectivity index (χ0v) is 11.4. The van der Waals surface area contributed by atoms with E-state index in [9.17, 15) is 10.2 Å². The summed E-state index contributed by atoms with van der Waals surface area (Å²) in [5.74, 6) is 0. The summed E-state index contributed by atoms with van der Waals surface area (Å²) in [5, 5.41) is 24.1. The molecule has 2 rings (SSSR count). The number of halogens is 1. The highest BCUT2D eigenvalue weighted by Gasteiger charge is 2.21. The number of aliphatic hydroxyl groups excluding tert-OH is 2. The van der Waals surface area contributed by atoms with E-state index in [0.29, 0.717) is 18.5 Å². The molecule has 0 saturated carbocycles. The van der Waals surface area contributed by atoms with Gasteiger partial charge < -0.3 is 15.5 Å². The Kier molecular flexibility index (Phi) is 4.71. The molecule has 0 amide bonds. The average molecular weight is 281 g/mol. The minimum atomic E-state index is -1.03. The summed E-state index contributed by atoms with van der Waals surface area (Å²) in [4.78, 5) is 4.24. The first kappa shape index (κ1) is 14.2. The monoisotopic (exact) mass is 280 g/mol. The maximum atomic E-state index is 10.2. The molecule has 0 fully saturated rings. The number of pyridine rings is 1. The van der Waals surface area contributed by atoms with Crippen molar-refractivity contribution in [3.8, 4) is 0 Å². The standard InChI is InChI=1S/C14H17ClN2O2/c1-16-7-6-12(18)13(19)10-8-9-4-2-3-5-11(9)17-14(10)15/h2-5,8,12-13,16,18-19H,6-7H2,1H3. The van der Waals surface area contributed by atoms with E-state index in [0.717, 1.165) is 10.9 Å². The second-order valence-electron chi connectivity index (χ2n) is 4.47. The van der Waals surface area contributed by atoms with Crippen LogP contribution in [0.3, 0.4) is 0 Å². The van der Waals surface area contributed by atoms with Gasteiger partial charge in [0.1, 0.15) is 11.3 Å². The molecule has 19 heavy (non-hydrogen) atoms. The lowest BCUT2D eigenvalue weighted by atomic mass is 10.0. The number of nitrogens with zero attached hydrogens (tertiary/aromatic N) is 1. The maximum Gasteiger partial charge on any atom is 0.135 e. The van der Waals surface area contributed by atoms with Gasteiger partial charge in [-0.3, -0.25) is 0 Å². The summed E-state index contributed by atoms with van der Waals surface area (Å²) in [5.41, 5.74) is 1.23. The van der Waals surface area contributed by atoms with E-state index in [1.165, 1.54) is 0 Å². The molecule has 1 heterocycles. The normalized spacial score (nSPS) is 14.5. The molecule has 2 unspecified atom stereocenters. The molecule has 1 aromatic heterocycles. The first-order valence-corrected chi connectivity index (χ1v) is 6.57. The van der Waals surface area contributed by atoms with Crippen molar-refractivity contribution in [3.05, 3.63) is 41.0 Å². The van der Waals surface area contributed by atoms with E-state index in [2.05, 4.69) is 10.3 Å². The molecule has 0 aliphatic rings. The Morgan fingerprint density at radius 2 is 2.05 bits per heavy atom. The van der Waals surface area contributed by atoms with Gasteiger partial charge in [0, 0.05) is 10.9 Å². The lowest BCUT2D eigenvalue weighted by molar-refractivity contribution is 0.0140. The fraction of sp³-hybridized carbons (Fsp3) is 0.357. The second-order valence-corrected chi connectivity index (χ2v) is 4.82. The van der Waals surface area contributed by atoms with E-state index in [-0.39, 0.29) is 5.15 Å². The topological polar surface area (TPSA) is 65.4 Å². The smallest absolute Gasteiger partial charge is 0.135 e. The number of aliphatic hydroxyl groups is 2. The molecule has 1 aromatic carbocycles. The number of hydrogen-bond donors (Lipinski definition) is 3. The van der Waals surface area contributed by atoms with Crippen LogP contribution in [-0.4, -0.2) is 34.9 Å². The van der Waals surface area contributed by atoms with Crippen molar-refractivity contribution in [2.45, 2.75) is 18.6 Å². The quantitative estimate of drug-likeness (QED) is 0.732. The van der Waals surface area contributed by atoms with Gasteiger partial charge in [-0.05, 0) is 32.1 Å². The van der Waals surface area contributed by atoms with Crippen LogP contribution < -0.4 is 5.32 Å². The lowest BCUT2D eigenvalue weighted by Gasteiger charge is -2.19. The van der Waals surface area contributed by atoms with Crippen molar-refractivity contribution in [1.29, 1.82) is 0 Å². The van der Waals surface area contributed by atoms with Gasteiger partial charge in [-0.15, -0.1) is 0 Å². The summed E-state index contributed by atoms with van der Waals surface area (Å²) in [7, 11) is 1.80. The van der Waals surface area contributed by atoms with E-state index in [1.54, 1.807) is 13.1 Å². The van der Waals surface area contributed by atoms with Crippen molar-refractivity contribution >= 4 is 22.5 Å². The SMILES string of the molecule is CNCCC(O)C(O)c1cc2ccccc2nc1Cl. The first-order valence-electron chi connectivity index (χ1n) is 6.19. The zero-order chi connectivity index (χ0) is 13.8. The average Bonchev–Trinajstić information content (AvgIpc) is 2.43. The van der Waals surface area contributed by atoms with Gasteiger partial charge in [0.25, 0.3) is 0 Å². The van der Waals surface area contributed by atoms with E-state index in [1.807, 2.05) is 24.3 Å². The van der Waals surface area contributed by atoms with Crippen LogP contribution in [0.15, 0.2) is 30.3 Å². The molecule has 0 aliphatic heterocycles. The molecule has 0 aliphatic carbocycles. The van der Waals surface area contributed by atoms with Gasteiger partial charge in [0.05, 0.1) is 11.6 Å². The highest BCUT2D eigenvalue weighted by molar-refractivity contribution is 6.30. The Balaban J connectivity index is 2.30. The molecule has 2 atom stereocenters. The van der Waals surface area contributed by atoms with Crippen molar-refractivity contribution < 1.29 is 10.2 Å². The van der Waals surface area contributed by atoms with Crippen LogP contribution >= 0.6 is 11.6 Å². The Labute approximate surface area is 117 Å². The predicted molar refractivity (Wildman–Crippen MR) is 76.3 cm³/mol. The summed E-state index contributed by atoms with van der Waals surface area (Å²) in [6.45, 7) is 0.622. The third-order valence-corrected chi connectivity index (χ3v) is 3.38. The maximum absolute atomic E-state index is 10.2. The largest absolute Gasteiger partial charge is 0.390 e. The first-order chi connectivity index (χ1) is 9.13. The van der Waals surface area contributed by atoms with Gasteiger partial charge in [-0.25, -0.2) is 4.98 Å². The third kappa shape index (κ3) is 3.22. The number of para-hydroxylation sites is 1. The number of benzene rings is 1. The van der Waals surface area contributed by atoms with Crippen molar-refractivity contribution in [1.82, 2.24) is 10.3 Å². The predicted octanol–water partition coefficient (Wildman–Crippen LogP) is 1.89. The van der Waals surface area contributed by atoms with E-state index in [4.69, 9.17) is 11.6 Å². The summed E-state index contributed by atoms with van der Waals surface area (Å²) in [6.07, 6.45) is -1.45. The lowest BCUT2D eigenvalue weighted by Crippen LogP contribution is -2.23. The Morgan fingerprint density at radius 1 is 1.32 bits per heavy atom. The van der Waals surface area contributed by atoms with Crippen LogP contribution in [0.1, 0.15) is 18.1 Å². The van der Waals surface area contributed by atoms with Crippen LogP contribution in [0, 0.1) is 0 Å². The fourth-order valence-corrected chi connectivity index (χ4v) is 2.23. The van der Waals surface area contributed by atoms with Crippen molar-refractivity contribution in [3.63, 3.8) is 0 Å². The van der Waals surface area contributed by atoms with Crippen LogP contribution in [0.4, 0.5) is 0 Å². The zero-order valence-electron chi connectivity index (χ0n) is 10.7. The molecule has 5 heteroatoms. The van der Waals surface area contributed by atoms with Gasteiger partial charge in [0.15, 0.2) is 0 Å². The van der Waals surface area contributed by atoms with E-state index >= 15 is 0 Å². The number of rotatable bonds is 5. The Hall–Kier alpha value is -1.20. The molecular formula is C14H17ClN2O2. The Morgan fingerprint density at radius 3 is 2.79 bits per heavy atom. The molecule has 0 spiro atoms. The molecule has 102 valence electrons.